The molecule has 2 N–H and O–H groups in total. The molecule has 2 heterocycles. The van der Waals surface area contributed by atoms with Crippen molar-refractivity contribution in [1.29, 1.82) is 0 Å². The number of thiazole rings is 1. The third kappa shape index (κ3) is 2.81. The van der Waals surface area contributed by atoms with Crippen molar-refractivity contribution >= 4 is 22.4 Å². The second kappa shape index (κ2) is 6.11. The van der Waals surface area contributed by atoms with Crippen molar-refractivity contribution in [2.24, 2.45) is 23.7 Å². The highest BCUT2D eigenvalue weighted by Crippen LogP contribution is 2.61. The highest BCUT2D eigenvalue weighted by molar-refractivity contribution is 7.16. The molecular formula is C20H29N3O2S. The molecule has 6 heteroatoms. The number of aromatic nitrogens is 1. The number of aromatic hydroxyl groups is 1. The summed E-state index contributed by atoms with van der Waals surface area (Å²) in [5, 5.41) is 14.8. The number of carbonyl (C=O) groups is 1. The van der Waals surface area contributed by atoms with Crippen molar-refractivity contribution in [1.82, 2.24) is 9.88 Å². The van der Waals surface area contributed by atoms with Gasteiger partial charge in [0.15, 0.2) is 5.13 Å². The van der Waals surface area contributed by atoms with Crippen LogP contribution in [0, 0.1) is 23.7 Å². The van der Waals surface area contributed by atoms with Crippen molar-refractivity contribution in [2.45, 2.75) is 63.8 Å². The Hall–Kier alpha value is -1.30. The maximum Gasteiger partial charge on any atom is 0.228 e. The molecule has 1 aromatic heterocycles. The third-order valence-electron chi connectivity index (χ3n) is 7.47. The van der Waals surface area contributed by atoms with Gasteiger partial charge in [-0.15, -0.1) is 0 Å². The summed E-state index contributed by atoms with van der Waals surface area (Å²) in [5.41, 5.74) is 0.210. The second-order valence-electron chi connectivity index (χ2n) is 9.33. The van der Waals surface area contributed by atoms with Crippen LogP contribution >= 0.6 is 11.3 Å². The first-order valence-corrected chi connectivity index (χ1v) is 11.1. The van der Waals surface area contributed by atoms with Crippen LogP contribution < -0.4 is 5.32 Å². The highest BCUT2D eigenvalue weighted by atomic mass is 32.1. The minimum atomic E-state index is 0.0466. The van der Waals surface area contributed by atoms with Gasteiger partial charge in [0.25, 0.3) is 0 Å². The zero-order valence-corrected chi connectivity index (χ0v) is 16.4. The minimum absolute atomic E-state index is 0.0466. The van der Waals surface area contributed by atoms with E-state index in [1.165, 1.54) is 43.4 Å². The molecule has 5 nitrogen and oxygen atoms in total. The lowest BCUT2D eigenvalue weighted by molar-refractivity contribution is -0.131. The van der Waals surface area contributed by atoms with E-state index in [2.05, 4.69) is 17.2 Å². The predicted octanol–water partition coefficient (Wildman–Crippen LogP) is 3.64. The largest absolute Gasteiger partial charge is 0.492 e. The standard InChI is InChI=1S/C20H29N3O2S/c1-12-2-4-23(5-3-12)17(24)9-16-18(25)21-19(26-16)22-20-10-13-6-14(11-20)8-15(20)7-13/h12-15,25H,2-11H2,1H3,(H,21,22). The summed E-state index contributed by atoms with van der Waals surface area (Å²) < 4.78 is 0. The minimum Gasteiger partial charge on any atom is -0.492 e. The summed E-state index contributed by atoms with van der Waals surface area (Å²) in [7, 11) is 0. The third-order valence-corrected chi connectivity index (χ3v) is 8.43. The molecule has 0 spiro atoms. The average Bonchev–Trinajstić information content (AvgIpc) is 3.13. The van der Waals surface area contributed by atoms with Crippen molar-refractivity contribution in [3.8, 4) is 5.88 Å². The summed E-state index contributed by atoms with van der Waals surface area (Å²) in [5.74, 6) is 3.43. The van der Waals surface area contributed by atoms with E-state index in [0.717, 1.165) is 48.8 Å². The normalized spacial score (nSPS) is 36.0. The number of piperidine rings is 1. The number of carbonyl (C=O) groups excluding carboxylic acids is 1. The quantitative estimate of drug-likeness (QED) is 0.843. The maximum atomic E-state index is 12.6. The molecule has 1 saturated heterocycles. The summed E-state index contributed by atoms with van der Waals surface area (Å²) in [4.78, 5) is 19.6. The van der Waals surface area contributed by atoms with Crippen molar-refractivity contribution in [3.05, 3.63) is 4.88 Å². The molecule has 5 fully saturated rings. The SMILES string of the molecule is CC1CCN(C(=O)Cc2sc(NC34CC5CC(CC3C5)C4)nc2O)CC1. The molecule has 142 valence electrons. The van der Waals surface area contributed by atoms with Crippen LogP contribution in [0.1, 0.15) is 56.7 Å². The number of amides is 1. The Balaban J connectivity index is 1.26. The Kier molecular flexibility index (Phi) is 3.96. The zero-order chi connectivity index (χ0) is 17.9. The molecule has 6 rings (SSSR count). The molecule has 2 atom stereocenters. The van der Waals surface area contributed by atoms with Gasteiger partial charge in [0.2, 0.25) is 11.8 Å². The van der Waals surface area contributed by atoms with E-state index in [1.54, 1.807) is 0 Å². The molecule has 26 heavy (non-hydrogen) atoms. The van der Waals surface area contributed by atoms with Crippen molar-refractivity contribution in [2.75, 3.05) is 18.4 Å². The van der Waals surface area contributed by atoms with E-state index in [0.29, 0.717) is 10.8 Å². The Morgan fingerprint density at radius 2 is 1.96 bits per heavy atom. The first-order valence-electron chi connectivity index (χ1n) is 10.3. The van der Waals surface area contributed by atoms with Crippen LogP contribution in [0.2, 0.25) is 0 Å². The van der Waals surface area contributed by atoms with Gasteiger partial charge in [-0.05, 0) is 68.6 Å². The van der Waals surface area contributed by atoms with Crippen LogP contribution in [0.3, 0.4) is 0 Å². The van der Waals surface area contributed by atoms with Crippen LogP contribution in [0.4, 0.5) is 5.13 Å². The lowest BCUT2D eigenvalue weighted by Gasteiger charge is -2.33. The number of anilines is 1. The molecule has 2 unspecified atom stereocenters. The van der Waals surface area contributed by atoms with Gasteiger partial charge in [-0.25, -0.2) is 0 Å². The molecule has 4 saturated carbocycles. The van der Waals surface area contributed by atoms with E-state index < -0.39 is 0 Å². The fourth-order valence-electron chi connectivity index (χ4n) is 6.23. The summed E-state index contributed by atoms with van der Waals surface area (Å²) in [6.45, 7) is 3.94. The lowest BCUT2D eigenvalue weighted by atomic mass is 9.80. The van der Waals surface area contributed by atoms with Crippen LogP contribution in [0.15, 0.2) is 0 Å². The van der Waals surface area contributed by atoms with Gasteiger partial charge in [-0.2, -0.15) is 4.98 Å². The van der Waals surface area contributed by atoms with Gasteiger partial charge in [-0.1, -0.05) is 18.3 Å². The van der Waals surface area contributed by atoms with Gasteiger partial charge >= 0.3 is 0 Å². The molecule has 1 aliphatic heterocycles. The van der Waals surface area contributed by atoms with Gasteiger partial charge in [0.1, 0.15) is 0 Å². The Morgan fingerprint density at radius 3 is 2.65 bits per heavy atom. The number of hydrogen-bond donors (Lipinski definition) is 2. The summed E-state index contributed by atoms with van der Waals surface area (Å²) in [6, 6.07) is 0. The molecule has 1 amide bonds. The fourth-order valence-corrected chi connectivity index (χ4v) is 7.19. The molecule has 4 aliphatic carbocycles. The molecule has 0 radical (unpaired) electrons. The van der Waals surface area contributed by atoms with E-state index >= 15 is 0 Å². The Labute approximate surface area is 159 Å². The predicted molar refractivity (Wildman–Crippen MR) is 102 cm³/mol. The summed E-state index contributed by atoms with van der Waals surface area (Å²) >= 11 is 1.48. The topological polar surface area (TPSA) is 65.5 Å². The van der Waals surface area contributed by atoms with Crippen LogP contribution in [-0.4, -0.2) is 39.5 Å². The monoisotopic (exact) mass is 375 g/mol. The van der Waals surface area contributed by atoms with Crippen LogP contribution in [-0.2, 0) is 11.2 Å². The maximum absolute atomic E-state index is 12.6. The van der Waals surface area contributed by atoms with E-state index in [4.69, 9.17) is 0 Å². The molecule has 0 aromatic carbocycles. The first kappa shape index (κ1) is 16.8. The van der Waals surface area contributed by atoms with Gasteiger partial charge < -0.3 is 15.3 Å². The number of likely N-dealkylation sites (tertiary alicyclic amines) is 1. The van der Waals surface area contributed by atoms with Crippen molar-refractivity contribution in [3.63, 3.8) is 0 Å². The van der Waals surface area contributed by atoms with E-state index in [-0.39, 0.29) is 23.7 Å². The van der Waals surface area contributed by atoms with E-state index in [9.17, 15) is 9.90 Å². The Bertz CT molecular complexity index is 696. The van der Waals surface area contributed by atoms with Gasteiger partial charge in [-0.3, -0.25) is 4.79 Å². The molecule has 5 aliphatic rings. The van der Waals surface area contributed by atoms with Gasteiger partial charge in [0, 0.05) is 18.6 Å². The average molecular weight is 376 g/mol. The molecule has 1 aromatic rings. The van der Waals surface area contributed by atoms with Crippen LogP contribution in [0.5, 0.6) is 5.88 Å². The van der Waals surface area contributed by atoms with Crippen LogP contribution in [0.25, 0.3) is 0 Å². The first-order chi connectivity index (χ1) is 12.5. The van der Waals surface area contributed by atoms with Gasteiger partial charge in [0.05, 0.1) is 11.3 Å². The Morgan fingerprint density at radius 1 is 1.27 bits per heavy atom. The van der Waals surface area contributed by atoms with Crippen molar-refractivity contribution < 1.29 is 9.90 Å². The second-order valence-corrected chi connectivity index (χ2v) is 10.4. The number of nitrogens with one attached hydrogen (secondary N) is 1. The fraction of sp³-hybridized carbons (Fsp3) is 0.800. The van der Waals surface area contributed by atoms with E-state index in [1.807, 2.05) is 4.90 Å². The highest BCUT2D eigenvalue weighted by Gasteiger charge is 2.58. The number of nitrogens with zero attached hydrogens (tertiary/aromatic N) is 2. The molecular weight excluding hydrogens is 346 g/mol. The smallest absolute Gasteiger partial charge is 0.228 e. The number of rotatable bonds is 4. The molecule has 4 bridgehead atoms. The zero-order valence-electron chi connectivity index (χ0n) is 15.5. The lowest BCUT2D eigenvalue weighted by Crippen LogP contribution is -2.39. The summed E-state index contributed by atoms with van der Waals surface area (Å²) in [6.07, 6.45) is 9.10. The number of hydrogen-bond acceptors (Lipinski definition) is 5.